The van der Waals surface area contributed by atoms with Crippen molar-refractivity contribution in [2.45, 2.75) is 6.92 Å². The van der Waals surface area contributed by atoms with Crippen LogP contribution in [-0.2, 0) is 4.79 Å². The molecule has 2 rings (SSSR count). The minimum absolute atomic E-state index is 0.410. The van der Waals surface area contributed by atoms with Crippen LogP contribution >= 0.6 is 11.6 Å². The van der Waals surface area contributed by atoms with Crippen LogP contribution in [0.15, 0.2) is 47.5 Å². The Morgan fingerprint density at radius 3 is 2.81 bits per heavy atom. The molecule has 0 bridgehead atoms. The molecule has 0 aromatic heterocycles. The number of para-hydroxylation sites is 1. The van der Waals surface area contributed by atoms with E-state index in [1.807, 2.05) is 31.2 Å². The number of aliphatic carboxylic acids is 1. The molecule has 0 radical (unpaired) electrons. The van der Waals surface area contributed by atoms with Gasteiger partial charge in [0, 0.05) is 16.8 Å². The van der Waals surface area contributed by atoms with Gasteiger partial charge in [-0.2, -0.15) is 0 Å². The summed E-state index contributed by atoms with van der Waals surface area (Å²) in [6.45, 7) is 1.55. The SMILES string of the molecule is Cc1ccccc1N=Cc1cc(Cl)ccc1OCC(=O)O. The molecule has 0 amide bonds. The third-order valence-corrected chi connectivity index (χ3v) is 3.02. The van der Waals surface area contributed by atoms with Crippen LogP contribution in [0.2, 0.25) is 5.02 Å². The van der Waals surface area contributed by atoms with Crippen LogP contribution in [0.4, 0.5) is 5.69 Å². The van der Waals surface area contributed by atoms with Gasteiger partial charge in [-0.05, 0) is 36.8 Å². The molecule has 0 aliphatic heterocycles. The summed E-state index contributed by atoms with van der Waals surface area (Å²) in [6.07, 6.45) is 1.62. The lowest BCUT2D eigenvalue weighted by molar-refractivity contribution is -0.139. The molecule has 1 N–H and O–H groups in total. The molecule has 2 aromatic carbocycles. The van der Waals surface area contributed by atoms with Crippen molar-refractivity contribution in [3.63, 3.8) is 0 Å². The first-order valence-corrected chi connectivity index (χ1v) is 6.68. The van der Waals surface area contributed by atoms with Crippen LogP contribution in [0.1, 0.15) is 11.1 Å². The van der Waals surface area contributed by atoms with E-state index in [1.54, 1.807) is 24.4 Å². The van der Waals surface area contributed by atoms with Gasteiger partial charge in [-0.1, -0.05) is 29.8 Å². The number of aryl methyl sites for hydroxylation is 1. The third-order valence-electron chi connectivity index (χ3n) is 2.78. The topological polar surface area (TPSA) is 58.9 Å². The van der Waals surface area contributed by atoms with Crippen LogP contribution < -0.4 is 4.74 Å². The second-order valence-corrected chi connectivity index (χ2v) is 4.85. The second kappa shape index (κ2) is 6.90. The Kier molecular flexibility index (Phi) is 4.95. The van der Waals surface area contributed by atoms with Gasteiger partial charge in [0.05, 0.1) is 5.69 Å². The number of benzene rings is 2. The quantitative estimate of drug-likeness (QED) is 0.853. The second-order valence-electron chi connectivity index (χ2n) is 4.41. The summed E-state index contributed by atoms with van der Waals surface area (Å²) in [5, 5.41) is 9.21. The molecule has 0 saturated heterocycles. The van der Waals surface area contributed by atoms with Crippen molar-refractivity contribution in [3.8, 4) is 5.75 Å². The van der Waals surface area contributed by atoms with E-state index in [0.717, 1.165) is 11.3 Å². The van der Waals surface area contributed by atoms with E-state index in [2.05, 4.69) is 4.99 Å². The van der Waals surface area contributed by atoms with Crippen LogP contribution in [-0.4, -0.2) is 23.9 Å². The van der Waals surface area contributed by atoms with Gasteiger partial charge in [-0.3, -0.25) is 4.99 Å². The fraction of sp³-hybridized carbons (Fsp3) is 0.125. The highest BCUT2D eigenvalue weighted by molar-refractivity contribution is 6.30. The summed E-state index contributed by atoms with van der Waals surface area (Å²) in [5.74, 6) is -0.606. The highest BCUT2D eigenvalue weighted by atomic mass is 35.5. The molecule has 4 nitrogen and oxygen atoms in total. The lowest BCUT2D eigenvalue weighted by Crippen LogP contribution is -2.10. The zero-order chi connectivity index (χ0) is 15.2. The number of carboxylic acid groups (broad SMARTS) is 1. The summed E-state index contributed by atoms with van der Waals surface area (Å²) in [4.78, 5) is 15.0. The fourth-order valence-corrected chi connectivity index (χ4v) is 1.92. The standard InChI is InChI=1S/C16H14ClNO3/c1-11-4-2-3-5-14(11)18-9-12-8-13(17)6-7-15(12)21-10-16(19)20/h2-9H,10H2,1H3,(H,19,20). The van der Waals surface area contributed by atoms with Gasteiger partial charge in [0.15, 0.2) is 6.61 Å². The monoisotopic (exact) mass is 303 g/mol. The number of rotatable bonds is 5. The molecule has 0 fully saturated rings. The zero-order valence-electron chi connectivity index (χ0n) is 11.4. The molecule has 2 aromatic rings. The first kappa shape index (κ1) is 15.1. The fourth-order valence-electron chi connectivity index (χ4n) is 1.74. The molecule has 108 valence electrons. The number of hydrogen-bond acceptors (Lipinski definition) is 3. The van der Waals surface area contributed by atoms with Gasteiger partial charge in [0.2, 0.25) is 0 Å². The largest absolute Gasteiger partial charge is 0.481 e. The molecule has 0 saturated carbocycles. The van der Waals surface area contributed by atoms with E-state index in [4.69, 9.17) is 21.4 Å². The third kappa shape index (κ3) is 4.33. The van der Waals surface area contributed by atoms with Crippen molar-refractivity contribution in [2.24, 2.45) is 4.99 Å². The number of carboxylic acids is 1. The average Bonchev–Trinajstić information content (AvgIpc) is 2.45. The van der Waals surface area contributed by atoms with E-state index in [0.29, 0.717) is 16.3 Å². The lowest BCUT2D eigenvalue weighted by Gasteiger charge is -2.07. The number of ether oxygens (including phenoxy) is 1. The molecule has 5 heteroatoms. The first-order chi connectivity index (χ1) is 10.1. The maximum atomic E-state index is 10.6. The summed E-state index contributed by atoms with van der Waals surface area (Å²) >= 11 is 5.96. The van der Waals surface area contributed by atoms with E-state index >= 15 is 0 Å². The molecule has 0 unspecified atom stereocenters. The van der Waals surface area contributed by atoms with Crippen molar-refractivity contribution in [1.82, 2.24) is 0 Å². The average molecular weight is 304 g/mol. The molecule has 0 spiro atoms. The van der Waals surface area contributed by atoms with Crippen molar-refractivity contribution in [1.29, 1.82) is 0 Å². The van der Waals surface area contributed by atoms with E-state index in [9.17, 15) is 4.79 Å². The Bertz CT molecular complexity index is 683. The van der Waals surface area contributed by atoms with E-state index in [-0.39, 0.29) is 0 Å². The van der Waals surface area contributed by atoms with Gasteiger partial charge in [-0.15, -0.1) is 0 Å². The van der Waals surface area contributed by atoms with Crippen LogP contribution in [0.5, 0.6) is 5.75 Å². The Balaban J connectivity index is 2.27. The van der Waals surface area contributed by atoms with E-state index in [1.165, 1.54) is 0 Å². The Hall–Kier alpha value is -2.33. The molecular formula is C16H14ClNO3. The van der Waals surface area contributed by atoms with Crippen molar-refractivity contribution >= 4 is 29.5 Å². The minimum atomic E-state index is -1.04. The highest BCUT2D eigenvalue weighted by Gasteiger charge is 2.05. The molecule has 21 heavy (non-hydrogen) atoms. The summed E-state index contributed by atoms with van der Waals surface area (Å²) < 4.78 is 5.22. The van der Waals surface area contributed by atoms with Gasteiger partial charge in [-0.25, -0.2) is 4.79 Å². The van der Waals surface area contributed by atoms with Gasteiger partial charge in [0.1, 0.15) is 5.75 Å². The number of carbonyl (C=O) groups is 1. The Morgan fingerprint density at radius 2 is 2.10 bits per heavy atom. The minimum Gasteiger partial charge on any atom is -0.481 e. The summed E-state index contributed by atoms with van der Waals surface area (Å²) in [7, 11) is 0. The zero-order valence-corrected chi connectivity index (χ0v) is 12.2. The molecule has 0 aliphatic carbocycles. The predicted molar refractivity (Wildman–Crippen MR) is 83.0 cm³/mol. The van der Waals surface area contributed by atoms with Crippen LogP contribution in [0, 0.1) is 6.92 Å². The van der Waals surface area contributed by atoms with Gasteiger partial charge >= 0.3 is 5.97 Å². The lowest BCUT2D eigenvalue weighted by atomic mass is 10.2. The maximum absolute atomic E-state index is 10.6. The number of aliphatic imine (C=N–C) groups is 1. The Morgan fingerprint density at radius 1 is 1.33 bits per heavy atom. The van der Waals surface area contributed by atoms with Crippen molar-refractivity contribution in [3.05, 3.63) is 58.6 Å². The van der Waals surface area contributed by atoms with Crippen molar-refractivity contribution < 1.29 is 14.6 Å². The summed E-state index contributed by atoms with van der Waals surface area (Å²) in [5.41, 5.74) is 2.51. The van der Waals surface area contributed by atoms with Crippen LogP contribution in [0.3, 0.4) is 0 Å². The number of nitrogens with zero attached hydrogens (tertiary/aromatic N) is 1. The number of halogens is 1. The van der Waals surface area contributed by atoms with Crippen molar-refractivity contribution in [2.75, 3.05) is 6.61 Å². The van der Waals surface area contributed by atoms with Gasteiger partial charge < -0.3 is 9.84 Å². The smallest absolute Gasteiger partial charge is 0.341 e. The summed E-state index contributed by atoms with van der Waals surface area (Å²) in [6, 6.07) is 12.7. The van der Waals surface area contributed by atoms with Crippen LogP contribution in [0.25, 0.3) is 0 Å². The molecule has 0 heterocycles. The molecule has 0 atom stereocenters. The Labute approximate surface area is 127 Å². The van der Waals surface area contributed by atoms with Gasteiger partial charge in [0.25, 0.3) is 0 Å². The maximum Gasteiger partial charge on any atom is 0.341 e. The first-order valence-electron chi connectivity index (χ1n) is 6.30. The highest BCUT2D eigenvalue weighted by Crippen LogP contribution is 2.23. The normalized spacial score (nSPS) is 10.8. The predicted octanol–water partition coefficient (Wildman–Crippen LogP) is 3.86. The van der Waals surface area contributed by atoms with E-state index < -0.39 is 12.6 Å². The molecular weight excluding hydrogens is 290 g/mol. The number of hydrogen-bond donors (Lipinski definition) is 1. The molecule has 0 aliphatic rings.